The van der Waals surface area contributed by atoms with Gasteiger partial charge in [0.05, 0.1) is 0 Å². The molecule has 0 N–H and O–H groups in total. The van der Waals surface area contributed by atoms with Gasteiger partial charge in [-0.05, 0) is 43.7 Å². The Labute approximate surface area is 149 Å². The van der Waals surface area contributed by atoms with Gasteiger partial charge in [-0.3, -0.25) is 4.79 Å². The van der Waals surface area contributed by atoms with Crippen molar-refractivity contribution >= 4 is 5.78 Å². The van der Waals surface area contributed by atoms with E-state index in [0.29, 0.717) is 6.42 Å². The standard InChI is InChI=1S/C24H20O/c1-18-6-10-20(11-7-18)12-13-21-4-3-5-22(16-21)17-24(25)23-14-8-19(2)9-15-23/h3-11,14-16H,17H2,1-2H3. The second kappa shape index (κ2) is 7.64. The van der Waals surface area contributed by atoms with Crippen LogP contribution in [0, 0.1) is 25.7 Å². The molecule has 0 unspecified atom stereocenters. The van der Waals surface area contributed by atoms with Crippen LogP contribution in [0.1, 0.15) is 38.2 Å². The van der Waals surface area contributed by atoms with Crippen molar-refractivity contribution in [3.05, 3.63) is 106 Å². The minimum absolute atomic E-state index is 0.128. The molecule has 122 valence electrons. The van der Waals surface area contributed by atoms with Gasteiger partial charge in [0, 0.05) is 23.1 Å². The van der Waals surface area contributed by atoms with Crippen molar-refractivity contribution in [3.63, 3.8) is 0 Å². The van der Waals surface area contributed by atoms with Crippen LogP contribution in [0.3, 0.4) is 0 Å². The van der Waals surface area contributed by atoms with E-state index >= 15 is 0 Å². The van der Waals surface area contributed by atoms with Gasteiger partial charge >= 0.3 is 0 Å². The van der Waals surface area contributed by atoms with Gasteiger partial charge in [-0.1, -0.05) is 71.5 Å². The van der Waals surface area contributed by atoms with Crippen molar-refractivity contribution in [2.75, 3.05) is 0 Å². The number of hydrogen-bond donors (Lipinski definition) is 0. The third-order valence-corrected chi connectivity index (χ3v) is 4.07. The summed E-state index contributed by atoms with van der Waals surface area (Å²) in [7, 11) is 0. The van der Waals surface area contributed by atoms with E-state index < -0.39 is 0 Å². The summed E-state index contributed by atoms with van der Waals surface area (Å²) in [6.45, 7) is 4.08. The number of carbonyl (C=O) groups is 1. The fraction of sp³-hybridized carbons (Fsp3) is 0.125. The molecule has 0 saturated carbocycles. The second-order valence-electron chi connectivity index (χ2n) is 6.28. The maximum atomic E-state index is 12.4. The number of aryl methyl sites for hydroxylation is 2. The highest BCUT2D eigenvalue weighted by atomic mass is 16.1. The van der Waals surface area contributed by atoms with Crippen LogP contribution in [0.15, 0.2) is 72.8 Å². The molecule has 0 bridgehead atoms. The third-order valence-electron chi connectivity index (χ3n) is 4.07. The molecule has 0 heterocycles. The Bertz CT molecular complexity index is 936. The molecular formula is C24H20O. The zero-order chi connectivity index (χ0) is 17.6. The van der Waals surface area contributed by atoms with Crippen molar-refractivity contribution in [1.82, 2.24) is 0 Å². The molecule has 3 aromatic carbocycles. The first-order chi connectivity index (χ1) is 12.1. The molecule has 0 spiro atoms. The average Bonchev–Trinajstić information content (AvgIpc) is 2.62. The number of carbonyl (C=O) groups excluding carboxylic acids is 1. The van der Waals surface area contributed by atoms with E-state index in [2.05, 4.69) is 30.9 Å². The maximum absolute atomic E-state index is 12.4. The summed E-state index contributed by atoms with van der Waals surface area (Å²) in [4.78, 5) is 12.4. The predicted molar refractivity (Wildman–Crippen MR) is 103 cm³/mol. The van der Waals surface area contributed by atoms with Crippen molar-refractivity contribution < 1.29 is 4.79 Å². The predicted octanol–water partition coefficient (Wildman–Crippen LogP) is 5.13. The Balaban J connectivity index is 1.74. The summed E-state index contributed by atoms with van der Waals surface area (Å²) in [5.74, 6) is 6.48. The molecule has 0 atom stereocenters. The molecule has 25 heavy (non-hydrogen) atoms. The molecule has 0 radical (unpaired) electrons. The number of ketones is 1. The lowest BCUT2D eigenvalue weighted by Gasteiger charge is -2.03. The Morgan fingerprint density at radius 1 is 0.760 bits per heavy atom. The first-order valence-electron chi connectivity index (χ1n) is 8.38. The molecule has 0 amide bonds. The van der Waals surface area contributed by atoms with E-state index in [1.807, 2.05) is 67.6 Å². The summed E-state index contributed by atoms with van der Waals surface area (Å²) in [5.41, 5.74) is 6.04. The van der Waals surface area contributed by atoms with Crippen molar-refractivity contribution in [2.45, 2.75) is 20.3 Å². The van der Waals surface area contributed by atoms with Crippen LogP contribution in [0.25, 0.3) is 0 Å². The lowest BCUT2D eigenvalue weighted by Crippen LogP contribution is -2.03. The summed E-state index contributed by atoms with van der Waals surface area (Å²) in [6, 6.07) is 23.8. The summed E-state index contributed by atoms with van der Waals surface area (Å²) < 4.78 is 0. The smallest absolute Gasteiger partial charge is 0.167 e. The molecule has 0 aliphatic carbocycles. The van der Waals surface area contributed by atoms with Crippen LogP contribution in [-0.4, -0.2) is 5.78 Å². The van der Waals surface area contributed by atoms with Crippen molar-refractivity contribution in [3.8, 4) is 11.8 Å². The van der Waals surface area contributed by atoms with E-state index in [4.69, 9.17) is 0 Å². The van der Waals surface area contributed by atoms with Crippen LogP contribution in [-0.2, 0) is 6.42 Å². The average molecular weight is 324 g/mol. The molecular weight excluding hydrogens is 304 g/mol. The molecule has 3 aromatic rings. The Kier molecular flexibility index (Phi) is 5.11. The molecule has 0 aromatic heterocycles. The van der Waals surface area contributed by atoms with Gasteiger partial charge in [0.2, 0.25) is 0 Å². The highest BCUT2D eigenvalue weighted by molar-refractivity contribution is 5.97. The summed E-state index contributed by atoms with van der Waals surface area (Å²) in [5, 5.41) is 0. The fourth-order valence-corrected chi connectivity index (χ4v) is 2.57. The minimum atomic E-state index is 0.128. The topological polar surface area (TPSA) is 17.1 Å². The van der Waals surface area contributed by atoms with Crippen molar-refractivity contribution in [2.24, 2.45) is 0 Å². The van der Waals surface area contributed by atoms with Gasteiger partial charge in [0.25, 0.3) is 0 Å². The molecule has 0 fully saturated rings. The fourth-order valence-electron chi connectivity index (χ4n) is 2.57. The largest absolute Gasteiger partial charge is 0.294 e. The normalized spacial score (nSPS) is 10.0. The monoisotopic (exact) mass is 324 g/mol. The van der Waals surface area contributed by atoms with E-state index in [-0.39, 0.29) is 5.78 Å². The number of hydrogen-bond acceptors (Lipinski definition) is 1. The molecule has 0 aliphatic rings. The minimum Gasteiger partial charge on any atom is -0.294 e. The van der Waals surface area contributed by atoms with Crippen molar-refractivity contribution in [1.29, 1.82) is 0 Å². The van der Waals surface area contributed by atoms with Crippen LogP contribution >= 0.6 is 0 Å². The quantitative estimate of drug-likeness (QED) is 0.482. The van der Waals surface area contributed by atoms with Crippen LogP contribution in [0.2, 0.25) is 0 Å². The van der Waals surface area contributed by atoms with Gasteiger partial charge in [0.1, 0.15) is 0 Å². The SMILES string of the molecule is Cc1ccc(C#Cc2cccc(CC(=O)c3ccc(C)cc3)c2)cc1. The first kappa shape index (κ1) is 16.7. The van der Waals surface area contributed by atoms with Gasteiger partial charge in [-0.15, -0.1) is 0 Å². The van der Waals surface area contributed by atoms with Gasteiger partial charge in [-0.25, -0.2) is 0 Å². The molecule has 1 heteroatoms. The van der Waals surface area contributed by atoms with E-state index in [1.54, 1.807) is 0 Å². The highest BCUT2D eigenvalue weighted by Crippen LogP contribution is 2.11. The zero-order valence-electron chi connectivity index (χ0n) is 14.5. The maximum Gasteiger partial charge on any atom is 0.167 e. The number of benzene rings is 3. The Hall–Kier alpha value is -3.11. The summed E-state index contributed by atoms with van der Waals surface area (Å²) >= 11 is 0. The Morgan fingerprint density at radius 3 is 2.04 bits per heavy atom. The molecule has 0 saturated heterocycles. The molecule has 0 aliphatic heterocycles. The van der Waals surface area contributed by atoms with E-state index in [9.17, 15) is 4.79 Å². The van der Waals surface area contributed by atoms with E-state index in [0.717, 1.165) is 27.8 Å². The molecule has 3 rings (SSSR count). The van der Waals surface area contributed by atoms with Gasteiger partial charge < -0.3 is 0 Å². The number of Topliss-reactive ketones (excluding diaryl/α,β-unsaturated/α-hetero) is 1. The van der Waals surface area contributed by atoms with Gasteiger partial charge in [0.15, 0.2) is 5.78 Å². The first-order valence-corrected chi connectivity index (χ1v) is 8.38. The van der Waals surface area contributed by atoms with Gasteiger partial charge in [-0.2, -0.15) is 0 Å². The lowest BCUT2D eigenvalue weighted by atomic mass is 10.0. The molecule has 1 nitrogen and oxygen atoms in total. The van der Waals surface area contributed by atoms with Crippen LogP contribution in [0.4, 0.5) is 0 Å². The Morgan fingerprint density at radius 2 is 1.36 bits per heavy atom. The lowest BCUT2D eigenvalue weighted by molar-refractivity contribution is 0.0993. The van der Waals surface area contributed by atoms with Crippen LogP contribution < -0.4 is 0 Å². The summed E-state index contributed by atoms with van der Waals surface area (Å²) in [6.07, 6.45) is 0.392. The second-order valence-corrected chi connectivity index (χ2v) is 6.28. The zero-order valence-corrected chi connectivity index (χ0v) is 14.5. The van der Waals surface area contributed by atoms with E-state index in [1.165, 1.54) is 5.56 Å². The third kappa shape index (κ3) is 4.68. The highest BCUT2D eigenvalue weighted by Gasteiger charge is 2.07. The number of rotatable bonds is 3. The van der Waals surface area contributed by atoms with Crippen LogP contribution in [0.5, 0.6) is 0 Å².